The second kappa shape index (κ2) is 1.64. The fraction of sp³-hybridized carbons (Fsp3) is 0.600. The summed E-state index contributed by atoms with van der Waals surface area (Å²) in [6, 6.07) is 0. The molecular formula is C5H9NO. The van der Waals surface area contributed by atoms with Gasteiger partial charge in [0.05, 0.1) is 6.10 Å². The molecule has 1 fully saturated rings. The molecule has 1 aliphatic rings. The zero-order chi connectivity index (χ0) is 5.28. The molecule has 1 saturated heterocycles. The third-order valence-electron chi connectivity index (χ3n) is 1.16. The van der Waals surface area contributed by atoms with Gasteiger partial charge in [0.1, 0.15) is 0 Å². The lowest BCUT2D eigenvalue weighted by Gasteiger charge is -1.95. The van der Waals surface area contributed by atoms with Crippen LogP contribution < -0.4 is 5.32 Å². The highest BCUT2D eigenvalue weighted by Gasteiger charge is 2.13. The van der Waals surface area contributed by atoms with Crippen LogP contribution in [0, 0.1) is 0 Å². The molecule has 1 atom stereocenters. The maximum atomic E-state index is 8.84. The summed E-state index contributed by atoms with van der Waals surface area (Å²) in [5.74, 6) is 0. The van der Waals surface area contributed by atoms with E-state index in [1.807, 2.05) is 0 Å². The van der Waals surface area contributed by atoms with Gasteiger partial charge in [-0.05, 0) is 5.57 Å². The van der Waals surface area contributed by atoms with Crippen molar-refractivity contribution in [3.63, 3.8) is 0 Å². The molecule has 0 aromatic carbocycles. The number of aliphatic hydroxyl groups excluding tert-OH is 1. The number of rotatable bonds is 0. The van der Waals surface area contributed by atoms with Gasteiger partial charge in [-0.15, -0.1) is 0 Å². The lowest BCUT2D eigenvalue weighted by Crippen LogP contribution is -2.11. The maximum absolute atomic E-state index is 8.84. The average molecular weight is 99.1 g/mol. The molecule has 2 N–H and O–H groups in total. The molecule has 0 unspecified atom stereocenters. The molecule has 40 valence electrons. The second-order valence-corrected chi connectivity index (χ2v) is 1.80. The van der Waals surface area contributed by atoms with Crippen molar-refractivity contribution >= 4 is 0 Å². The molecule has 2 nitrogen and oxygen atoms in total. The summed E-state index contributed by atoms with van der Waals surface area (Å²) in [6.45, 7) is 5.08. The predicted octanol–water partition coefficient (Wildman–Crippen LogP) is -0.493. The molecule has 0 radical (unpaired) electrons. The molecule has 0 spiro atoms. The van der Waals surface area contributed by atoms with E-state index in [9.17, 15) is 0 Å². The van der Waals surface area contributed by atoms with Crippen molar-refractivity contribution in [3.05, 3.63) is 12.2 Å². The molecule has 1 heterocycles. The standard InChI is InChI=1S/C5H9NO/c1-4-2-6-3-5(4)7/h5-7H,1-3H2/t5-/m0/s1. The number of hydrogen-bond acceptors (Lipinski definition) is 2. The van der Waals surface area contributed by atoms with E-state index in [1.54, 1.807) is 0 Å². The Bertz CT molecular complexity index is 90.1. The number of nitrogens with one attached hydrogen (secondary N) is 1. The lowest BCUT2D eigenvalue weighted by molar-refractivity contribution is 0.230. The molecule has 0 saturated carbocycles. The quantitative estimate of drug-likeness (QED) is 0.401. The molecule has 7 heavy (non-hydrogen) atoms. The molecule has 2 heteroatoms. The van der Waals surface area contributed by atoms with Crippen LogP contribution in [0.3, 0.4) is 0 Å². The molecule has 0 amide bonds. The highest BCUT2D eigenvalue weighted by atomic mass is 16.3. The van der Waals surface area contributed by atoms with Gasteiger partial charge in [0.15, 0.2) is 0 Å². The van der Waals surface area contributed by atoms with Crippen LogP contribution in [0.4, 0.5) is 0 Å². The van der Waals surface area contributed by atoms with Gasteiger partial charge in [-0.1, -0.05) is 6.58 Å². The summed E-state index contributed by atoms with van der Waals surface area (Å²) >= 11 is 0. The monoisotopic (exact) mass is 99.1 g/mol. The molecule has 0 aromatic rings. The average Bonchev–Trinajstić information content (AvgIpc) is 1.91. The molecule has 0 bridgehead atoms. The summed E-state index contributed by atoms with van der Waals surface area (Å²) in [5, 5.41) is 11.8. The van der Waals surface area contributed by atoms with E-state index in [-0.39, 0.29) is 6.10 Å². The Kier molecular flexibility index (Phi) is 1.13. The Hall–Kier alpha value is -0.340. The van der Waals surface area contributed by atoms with Gasteiger partial charge in [0.25, 0.3) is 0 Å². The first-order valence-electron chi connectivity index (χ1n) is 2.37. The first-order chi connectivity index (χ1) is 3.30. The van der Waals surface area contributed by atoms with Crippen molar-refractivity contribution in [1.82, 2.24) is 5.32 Å². The van der Waals surface area contributed by atoms with E-state index in [0.29, 0.717) is 6.54 Å². The lowest BCUT2D eigenvalue weighted by atomic mass is 10.2. The summed E-state index contributed by atoms with van der Waals surface area (Å²) in [4.78, 5) is 0. The highest BCUT2D eigenvalue weighted by molar-refractivity contribution is 5.09. The Morgan fingerprint density at radius 3 is 2.71 bits per heavy atom. The molecular weight excluding hydrogens is 90.1 g/mol. The Morgan fingerprint density at radius 2 is 2.57 bits per heavy atom. The number of hydrogen-bond donors (Lipinski definition) is 2. The first kappa shape index (κ1) is 4.81. The van der Waals surface area contributed by atoms with Crippen LogP contribution in [0.25, 0.3) is 0 Å². The van der Waals surface area contributed by atoms with Gasteiger partial charge >= 0.3 is 0 Å². The van der Waals surface area contributed by atoms with Crippen molar-refractivity contribution in [2.24, 2.45) is 0 Å². The maximum Gasteiger partial charge on any atom is 0.0884 e. The van der Waals surface area contributed by atoms with Crippen molar-refractivity contribution < 1.29 is 5.11 Å². The number of β-amino-alcohol motifs (C(OH)–C–C–N with tert-alkyl or cyclic N) is 1. The minimum atomic E-state index is -0.292. The Balaban J connectivity index is 2.48. The third kappa shape index (κ3) is 0.813. The van der Waals surface area contributed by atoms with E-state index >= 15 is 0 Å². The summed E-state index contributed by atoms with van der Waals surface area (Å²) in [7, 11) is 0. The zero-order valence-corrected chi connectivity index (χ0v) is 4.15. The molecule has 0 aromatic heterocycles. The Morgan fingerprint density at radius 1 is 1.86 bits per heavy atom. The van der Waals surface area contributed by atoms with Crippen LogP contribution in [0.2, 0.25) is 0 Å². The van der Waals surface area contributed by atoms with Crippen molar-refractivity contribution in [1.29, 1.82) is 0 Å². The SMILES string of the molecule is C=C1CNC[C@@H]1O. The van der Waals surface area contributed by atoms with E-state index in [2.05, 4.69) is 11.9 Å². The summed E-state index contributed by atoms with van der Waals surface area (Å²) in [6.07, 6.45) is -0.292. The van der Waals surface area contributed by atoms with Crippen LogP contribution >= 0.6 is 0 Å². The third-order valence-corrected chi connectivity index (χ3v) is 1.16. The predicted molar refractivity (Wildman–Crippen MR) is 28.0 cm³/mol. The second-order valence-electron chi connectivity index (χ2n) is 1.80. The minimum absolute atomic E-state index is 0.292. The van der Waals surface area contributed by atoms with Gasteiger partial charge in [-0.3, -0.25) is 0 Å². The summed E-state index contributed by atoms with van der Waals surface area (Å²) < 4.78 is 0. The highest BCUT2D eigenvalue weighted by Crippen LogP contribution is 2.01. The zero-order valence-electron chi connectivity index (χ0n) is 4.15. The van der Waals surface area contributed by atoms with E-state index < -0.39 is 0 Å². The van der Waals surface area contributed by atoms with Crippen LogP contribution in [0.1, 0.15) is 0 Å². The molecule has 0 aliphatic carbocycles. The van der Waals surface area contributed by atoms with Gasteiger partial charge < -0.3 is 10.4 Å². The largest absolute Gasteiger partial charge is 0.387 e. The van der Waals surface area contributed by atoms with E-state index in [1.165, 1.54) is 0 Å². The van der Waals surface area contributed by atoms with E-state index in [4.69, 9.17) is 5.11 Å². The van der Waals surface area contributed by atoms with Gasteiger partial charge in [-0.2, -0.15) is 0 Å². The first-order valence-corrected chi connectivity index (χ1v) is 2.37. The fourth-order valence-corrected chi connectivity index (χ4v) is 0.632. The van der Waals surface area contributed by atoms with Crippen LogP contribution in [0.5, 0.6) is 0 Å². The number of aliphatic hydroxyl groups is 1. The fourth-order valence-electron chi connectivity index (χ4n) is 0.632. The van der Waals surface area contributed by atoms with Crippen LogP contribution in [-0.2, 0) is 0 Å². The van der Waals surface area contributed by atoms with Gasteiger partial charge in [0, 0.05) is 13.1 Å². The smallest absolute Gasteiger partial charge is 0.0884 e. The molecule has 1 aliphatic heterocycles. The normalized spacial score (nSPS) is 31.6. The minimum Gasteiger partial charge on any atom is -0.387 e. The summed E-state index contributed by atoms with van der Waals surface area (Å²) in [5.41, 5.74) is 0.903. The van der Waals surface area contributed by atoms with Crippen molar-refractivity contribution in [2.75, 3.05) is 13.1 Å². The topological polar surface area (TPSA) is 32.3 Å². The van der Waals surface area contributed by atoms with Gasteiger partial charge in [0.2, 0.25) is 0 Å². The van der Waals surface area contributed by atoms with Crippen LogP contribution in [0.15, 0.2) is 12.2 Å². The molecule has 1 rings (SSSR count). The van der Waals surface area contributed by atoms with Crippen molar-refractivity contribution in [2.45, 2.75) is 6.10 Å². The van der Waals surface area contributed by atoms with E-state index in [0.717, 1.165) is 12.1 Å². The van der Waals surface area contributed by atoms with Crippen LogP contribution in [-0.4, -0.2) is 24.3 Å². The van der Waals surface area contributed by atoms with Crippen molar-refractivity contribution in [3.8, 4) is 0 Å². The van der Waals surface area contributed by atoms with Gasteiger partial charge in [-0.25, -0.2) is 0 Å². The Labute approximate surface area is 42.8 Å².